The summed E-state index contributed by atoms with van der Waals surface area (Å²) in [5.41, 5.74) is 0.218. The van der Waals surface area contributed by atoms with Crippen LogP contribution in [0.5, 0.6) is 0 Å². The van der Waals surface area contributed by atoms with Crippen molar-refractivity contribution in [2.75, 3.05) is 19.6 Å². The number of carbonyl (C=O) groups is 2. The van der Waals surface area contributed by atoms with Gasteiger partial charge in [0, 0.05) is 31.6 Å². The molecule has 1 amide bonds. The molecule has 1 heterocycles. The molecule has 2 rings (SSSR count). The fraction of sp³-hybridized carbons (Fsp3) is 0.529. The highest BCUT2D eigenvalue weighted by Gasteiger charge is 2.32. The molecule has 1 fully saturated rings. The summed E-state index contributed by atoms with van der Waals surface area (Å²) in [5.74, 6) is -1.36. The molecule has 2 N–H and O–H groups in total. The number of benzene rings is 1. The number of rotatable bonds is 7. The predicted molar refractivity (Wildman–Crippen MR) is 94.4 cm³/mol. The number of carbonyl (C=O) groups excluding carboxylic acids is 1. The predicted octanol–water partition coefficient (Wildman–Crippen LogP) is 1.08. The molecule has 2 atom stereocenters. The monoisotopic (exact) mass is 384 g/mol. The Morgan fingerprint density at radius 2 is 1.92 bits per heavy atom. The number of sulfonamides is 1. The molecular weight excluding hydrogens is 360 g/mol. The topological polar surface area (TPSA) is 113 Å². The molecule has 0 aromatic heterocycles. The van der Waals surface area contributed by atoms with E-state index in [0.29, 0.717) is 6.42 Å². The van der Waals surface area contributed by atoms with Gasteiger partial charge in [0.15, 0.2) is 0 Å². The van der Waals surface area contributed by atoms with E-state index in [1.54, 1.807) is 0 Å². The molecule has 0 saturated carbocycles. The summed E-state index contributed by atoms with van der Waals surface area (Å²) in [6, 6.07) is 5.84. The van der Waals surface area contributed by atoms with E-state index in [0.717, 1.165) is 0 Å². The SMILES string of the molecule is CC1CN(S(=O)(=O)c2cccc(C(=O)NCCCC(=O)O)c2)CC(C)O1. The normalized spacial score (nSPS) is 21.3. The van der Waals surface area contributed by atoms with Crippen LogP contribution < -0.4 is 5.32 Å². The first-order chi connectivity index (χ1) is 12.2. The lowest BCUT2D eigenvalue weighted by Crippen LogP contribution is -2.48. The zero-order valence-electron chi connectivity index (χ0n) is 14.8. The van der Waals surface area contributed by atoms with Crippen LogP contribution in [-0.4, -0.2) is 61.5 Å². The molecule has 1 saturated heterocycles. The van der Waals surface area contributed by atoms with Gasteiger partial charge >= 0.3 is 5.97 Å². The summed E-state index contributed by atoms with van der Waals surface area (Å²) >= 11 is 0. The van der Waals surface area contributed by atoms with Gasteiger partial charge < -0.3 is 15.2 Å². The Bertz CT molecular complexity index is 754. The fourth-order valence-electron chi connectivity index (χ4n) is 2.82. The molecule has 8 nitrogen and oxygen atoms in total. The van der Waals surface area contributed by atoms with Gasteiger partial charge in [0.2, 0.25) is 10.0 Å². The zero-order chi connectivity index (χ0) is 19.3. The quantitative estimate of drug-likeness (QED) is 0.680. The number of nitrogens with one attached hydrogen (secondary N) is 1. The number of ether oxygens (including phenoxy) is 1. The van der Waals surface area contributed by atoms with E-state index in [9.17, 15) is 18.0 Å². The van der Waals surface area contributed by atoms with Crippen LogP contribution in [0.1, 0.15) is 37.0 Å². The molecule has 1 aromatic rings. The van der Waals surface area contributed by atoms with Crippen molar-refractivity contribution >= 4 is 21.9 Å². The smallest absolute Gasteiger partial charge is 0.303 e. The Hall–Kier alpha value is -1.97. The van der Waals surface area contributed by atoms with Gasteiger partial charge in [-0.15, -0.1) is 0 Å². The van der Waals surface area contributed by atoms with Crippen molar-refractivity contribution in [2.24, 2.45) is 0 Å². The second-order valence-electron chi connectivity index (χ2n) is 6.36. The molecule has 0 radical (unpaired) electrons. The second kappa shape index (κ2) is 8.61. The first-order valence-electron chi connectivity index (χ1n) is 8.46. The number of nitrogens with zero attached hydrogens (tertiary/aromatic N) is 1. The zero-order valence-corrected chi connectivity index (χ0v) is 15.7. The minimum Gasteiger partial charge on any atom is -0.481 e. The maximum Gasteiger partial charge on any atom is 0.303 e. The first kappa shape index (κ1) is 20.3. The molecule has 9 heteroatoms. The van der Waals surface area contributed by atoms with Crippen molar-refractivity contribution in [3.63, 3.8) is 0 Å². The largest absolute Gasteiger partial charge is 0.481 e. The second-order valence-corrected chi connectivity index (χ2v) is 8.30. The molecule has 1 aliphatic rings. The first-order valence-corrected chi connectivity index (χ1v) is 9.90. The van der Waals surface area contributed by atoms with Crippen LogP contribution in [0.3, 0.4) is 0 Å². The van der Waals surface area contributed by atoms with Crippen LogP contribution in [-0.2, 0) is 19.6 Å². The highest BCUT2D eigenvalue weighted by Crippen LogP contribution is 2.21. The molecular formula is C17H24N2O6S. The molecule has 1 aromatic carbocycles. The minimum atomic E-state index is -3.72. The van der Waals surface area contributed by atoms with Gasteiger partial charge in [-0.3, -0.25) is 9.59 Å². The van der Waals surface area contributed by atoms with E-state index < -0.39 is 21.9 Å². The molecule has 0 bridgehead atoms. The van der Waals surface area contributed by atoms with Crippen LogP contribution in [0.4, 0.5) is 0 Å². The number of hydrogen-bond acceptors (Lipinski definition) is 5. The van der Waals surface area contributed by atoms with Gasteiger partial charge in [-0.2, -0.15) is 4.31 Å². The summed E-state index contributed by atoms with van der Waals surface area (Å²) in [6.45, 7) is 4.37. The van der Waals surface area contributed by atoms with Crippen molar-refractivity contribution in [3.8, 4) is 0 Å². The van der Waals surface area contributed by atoms with Crippen LogP contribution in [0.15, 0.2) is 29.2 Å². The fourth-order valence-corrected chi connectivity index (χ4v) is 4.45. The Morgan fingerprint density at radius 3 is 2.54 bits per heavy atom. The summed E-state index contributed by atoms with van der Waals surface area (Å²) in [6.07, 6.45) is -0.131. The minimum absolute atomic E-state index is 0.0396. The van der Waals surface area contributed by atoms with Gasteiger partial charge in [0.05, 0.1) is 17.1 Å². The summed E-state index contributed by atoms with van der Waals surface area (Å²) in [5, 5.41) is 11.2. The van der Waals surface area contributed by atoms with E-state index in [1.165, 1.54) is 28.6 Å². The summed E-state index contributed by atoms with van der Waals surface area (Å²) in [7, 11) is -3.72. The van der Waals surface area contributed by atoms with Crippen molar-refractivity contribution in [3.05, 3.63) is 29.8 Å². The lowest BCUT2D eigenvalue weighted by atomic mass is 10.2. The van der Waals surface area contributed by atoms with Crippen molar-refractivity contribution in [1.82, 2.24) is 9.62 Å². The Morgan fingerprint density at radius 1 is 1.27 bits per heavy atom. The Balaban J connectivity index is 2.09. The highest BCUT2D eigenvalue weighted by molar-refractivity contribution is 7.89. The molecule has 26 heavy (non-hydrogen) atoms. The average molecular weight is 384 g/mol. The van der Waals surface area contributed by atoms with Gasteiger partial charge in [0.1, 0.15) is 0 Å². The number of carboxylic acids is 1. The van der Waals surface area contributed by atoms with Gasteiger partial charge in [-0.25, -0.2) is 8.42 Å². The number of hydrogen-bond donors (Lipinski definition) is 2. The van der Waals surface area contributed by atoms with Crippen LogP contribution in [0.25, 0.3) is 0 Å². The van der Waals surface area contributed by atoms with Crippen molar-refractivity contribution < 1.29 is 27.9 Å². The maximum absolute atomic E-state index is 12.9. The van der Waals surface area contributed by atoms with Gasteiger partial charge in [-0.05, 0) is 38.5 Å². The van der Waals surface area contributed by atoms with Gasteiger partial charge in [-0.1, -0.05) is 6.07 Å². The van der Waals surface area contributed by atoms with E-state index in [1.807, 2.05) is 13.8 Å². The summed E-state index contributed by atoms with van der Waals surface area (Å²) < 4.78 is 32.7. The molecule has 1 aliphatic heterocycles. The highest BCUT2D eigenvalue weighted by atomic mass is 32.2. The van der Waals surface area contributed by atoms with Crippen LogP contribution in [0.2, 0.25) is 0 Å². The average Bonchev–Trinajstić information content (AvgIpc) is 2.57. The van der Waals surface area contributed by atoms with E-state index in [2.05, 4.69) is 5.32 Å². The third kappa shape index (κ3) is 5.26. The number of carboxylic acid groups (broad SMARTS) is 1. The third-order valence-corrected chi connectivity index (χ3v) is 5.80. The Kier molecular flexibility index (Phi) is 6.74. The van der Waals surface area contributed by atoms with Gasteiger partial charge in [0.25, 0.3) is 5.91 Å². The van der Waals surface area contributed by atoms with E-state index >= 15 is 0 Å². The number of morpholine rings is 1. The lowest BCUT2D eigenvalue weighted by molar-refractivity contribution is -0.137. The molecule has 2 unspecified atom stereocenters. The van der Waals surface area contributed by atoms with Crippen LogP contribution >= 0.6 is 0 Å². The standard InChI is InChI=1S/C17H24N2O6S/c1-12-10-19(11-13(2)25-12)26(23,24)15-6-3-5-14(9-15)17(22)18-8-4-7-16(20)21/h3,5-6,9,12-13H,4,7-8,10-11H2,1-2H3,(H,18,22)(H,20,21). The summed E-state index contributed by atoms with van der Waals surface area (Å²) in [4.78, 5) is 22.7. The lowest BCUT2D eigenvalue weighted by Gasteiger charge is -2.34. The third-order valence-electron chi connectivity index (χ3n) is 3.97. The van der Waals surface area contributed by atoms with E-state index in [4.69, 9.17) is 9.84 Å². The van der Waals surface area contributed by atoms with Crippen molar-refractivity contribution in [2.45, 2.75) is 43.8 Å². The Labute approximate surface area is 153 Å². The number of aliphatic carboxylic acids is 1. The molecule has 144 valence electrons. The van der Waals surface area contributed by atoms with E-state index in [-0.39, 0.29) is 48.7 Å². The molecule has 0 spiro atoms. The maximum atomic E-state index is 12.9. The van der Waals surface area contributed by atoms with Crippen molar-refractivity contribution in [1.29, 1.82) is 0 Å². The molecule has 0 aliphatic carbocycles. The van der Waals surface area contributed by atoms with Crippen LogP contribution in [0, 0.1) is 0 Å². The number of amides is 1.